The fourth-order valence-electron chi connectivity index (χ4n) is 4.93. The van der Waals surface area contributed by atoms with Gasteiger partial charge >= 0.3 is 23.8 Å². The number of urea groups is 2. The minimum absolute atomic E-state index is 0.0195. The number of rotatable bonds is 6. The molecule has 1 aromatic heterocycles. The highest BCUT2D eigenvalue weighted by Gasteiger charge is 2.33. The lowest BCUT2D eigenvalue weighted by Gasteiger charge is -2.40. The van der Waals surface area contributed by atoms with Crippen molar-refractivity contribution >= 4 is 50.7 Å². The number of halogens is 1. The number of aromatic nitrogens is 1. The van der Waals surface area contributed by atoms with Crippen LogP contribution in [0.3, 0.4) is 0 Å². The average molecular weight is 572 g/mol. The van der Waals surface area contributed by atoms with Gasteiger partial charge in [-0.1, -0.05) is 18.2 Å². The number of fused-ring (bicyclic) bond motifs is 2. The highest BCUT2D eigenvalue weighted by atomic mass is 79.9. The Morgan fingerprint density at radius 3 is 2.70 bits per heavy atom. The maximum absolute atomic E-state index is 12.8. The molecular weight excluding hydrogens is 546 g/mol. The average Bonchev–Trinajstić information content (AvgIpc) is 3.26. The molecule has 0 bridgehead atoms. The van der Waals surface area contributed by atoms with Gasteiger partial charge in [0.2, 0.25) is 0 Å². The number of aromatic amines is 1. The molecule has 0 radical (unpaired) electrons. The molecule has 2 aromatic carbocycles. The Hall–Kier alpha value is -3.80. The predicted molar refractivity (Wildman–Crippen MR) is 138 cm³/mol. The maximum Gasteiger partial charge on any atom is 0.417 e. The lowest BCUT2D eigenvalue weighted by atomic mass is 9.99. The Kier molecular flexibility index (Phi) is 6.92. The third-order valence-electron chi connectivity index (χ3n) is 6.93. The molecule has 0 saturated carbocycles. The molecule has 5 rings (SSSR count). The molecule has 0 unspecified atom stereocenters. The highest BCUT2D eigenvalue weighted by molar-refractivity contribution is 9.10. The summed E-state index contributed by atoms with van der Waals surface area (Å²) in [5, 5.41) is 15.4. The number of nitrogens with zero attached hydrogens (tertiary/aromatic N) is 2. The summed E-state index contributed by atoms with van der Waals surface area (Å²) in [7, 11) is 0. The summed E-state index contributed by atoms with van der Waals surface area (Å²) in [6.45, 7) is 1.42. The zero-order chi connectivity index (χ0) is 26.1. The van der Waals surface area contributed by atoms with Gasteiger partial charge < -0.3 is 30.0 Å². The molecule has 12 heteroatoms. The number of piperidine rings is 1. The van der Waals surface area contributed by atoms with Gasteiger partial charge in [0.05, 0.1) is 5.92 Å². The summed E-state index contributed by atoms with van der Waals surface area (Å²) in [4.78, 5) is 54.8. The van der Waals surface area contributed by atoms with Crippen LogP contribution in [0.2, 0.25) is 0 Å². The van der Waals surface area contributed by atoms with Crippen molar-refractivity contribution in [1.82, 2.24) is 20.1 Å². The van der Waals surface area contributed by atoms with E-state index >= 15 is 0 Å². The Bertz CT molecular complexity index is 1410. The number of carboxylic acids is 1. The number of hydrogen-bond donors (Lipinski definition) is 4. The van der Waals surface area contributed by atoms with Crippen LogP contribution < -0.4 is 16.4 Å². The second-order valence-corrected chi connectivity index (χ2v) is 10.2. The van der Waals surface area contributed by atoms with E-state index in [0.29, 0.717) is 53.6 Å². The van der Waals surface area contributed by atoms with Crippen LogP contribution in [0.1, 0.15) is 24.0 Å². The van der Waals surface area contributed by atoms with Gasteiger partial charge in [-0.05, 0) is 64.5 Å². The van der Waals surface area contributed by atoms with Crippen molar-refractivity contribution in [3.63, 3.8) is 0 Å². The van der Waals surface area contributed by atoms with Crippen LogP contribution in [0.4, 0.5) is 15.3 Å². The van der Waals surface area contributed by atoms with E-state index in [1.54, 1.807) is 17.0 Å². The van der Waals surface area contributed by atoms with Gasteiger partial charge in [0.25, 0.3) is 0 Å². The van der Waals surface area contributed by atoms with Crippen molar-refractivity contribution in [2.75, 3.05) is 25.0 Å². The smallest absolute Gasteiger partial charge is 0.417 e. The molecule has 0 spiro atoms. The minimum Gasteiger partial charge on any atom is -0.481 e. The van der Waals surface area contributed by atoms with Crippen LogP contribution in [0, 0.1) is 5.92 Å². The molecule has 2 aliphatic heterocycles. The number of carbonyl (C=O) groups excluding carboxylic acids is 2. The first-order valence-electron chi connectivity index (χ1n) is 12.0. The quantitative estimate of drug-likeness (QED) is 0.356. The molecule has 1 fully saturated rings. The van der Waals surface area contributed by atoms with Crippen LogP contribution in [0.15, 0.2) is 50.1 Å². The van der Waals surface area contributed by atoms with Crippen molar-refractivity contribution in [2.24, 2.45) is 5.92 Å². The van der Waals surface area contributed by atoms with E-state index < -0.39 is 17.6 Å². The lowest BCUT2D eigenvalue weighted by molar-refractivity contribution is -0.141. The fourth-order valence-corrected chi connectivity index (χ4v) is 5.52. The molecular formula is C25H26BrN5O6. The molecule has 1 saturated heterocycles. The largest absolute Gasteiger partial charge is 0.481 e. The minimum atomic E-state index is -1.04. The first kappa shape index (κ1) is 24.9. The van der Waals surface area contributed by atoms with Gasteiger partial charge in [0.15, 0.2) is 5.58 Å². The first-order valence-corrected chi connectivity index (χ1v) is 12.8. The topological polar surface area (TPSA) is 148 Å². The number of carboxylic acid groups (broad SMARTS) is 1. The maximum atomic E-state index is 12.8. The number of benzene rings is 2. The first-order chi connectivity index (χ1) is 17.8. The van der Waals surface area contributed by atoms with E-state index in [1.165, 1.54) is 0 Å². The highest BCUT2D eigenvalue weighted by Crippen LogP contribution is 2.28. The van der Waals surface area contributed by atoms with Crippen molar-refractivity contribution in [1.29, 1.82) is 0 Å². The number of H-pyrrole nitrogens is 1. The number of carbonyl (C=O) groups is 3. The predicted octanol–water partition coefficient (Wildman–Crippen LogP) is 3.35. The number of anilines is 1. The Balaban J connectivity index is 1.15. The third-order valence-corrected chi connectivity index (χ3v) is 7.55. The van der Waals surface area contributed by atoms with E-state index in [0.717, 1.165) is 11.3 Å². The number of para-hydroxylation sites is 1. The number of nitrogens with one attached hydrogen (secondary N) is 3. The number of likely N-dealkylation sites (tertiary alicyclic amines) is 1. The van der Waals surface area contributed by atoms with Gasteiger partial charge in [-0.2, -0.15) is 0 Å². The molecule has 4 amide bonds. The third kappa shape index (κ3) is 5.33. The van der Waals surface area contributed by atoms with Crippen LogP contribution in [0.5, 0.6) is 0 Å². The summed E-state index contributed by atoms with van der Waals surface area (Å²) < 4.78 is 5.68. The zero-order valence-electron chi connectivity index (χ0n) is 19.8. The molecule has 3 heterocycles. The van der Waals surface area contributed by atoms with Gasteiger partial charge in [-0.3, -0.25) is 9.78 Å². The van der Waals surface area contributed by atoms with E-state index in [2.05, 4.69) is 31.5 Å². The van der Waals surface area contributed by atoms with E-state index in [1.807, 2.05) is 29.2 Å². The van der Waals surface area contributed by atoms with E-state index in [4.69, 9.17) is 4.42 Å². The molecule has 0 aliphatic carbocycles. The SMILES string of the molecule is O=C(O)[C@@H](CNC(=O)N1CCC(N2Cc3ccccc3NC2=O)CC1)Cc1cc(Br)c2[nH]c(=O)oc2c1. The number of hydrogen-bond acceptors (Lipinski definition) is 5. The van der Waals surface area contributed by atoms with E-state index in [-0.39, 0.29) is 31.1 Å². The summed E-state index contributed by atoms with van der Waals surface area (Å²) in [6.07, 6.45) is 1.43. The summed E-state index contributed by atoms with van der Waals surface area (Å²) >= 11 is 3.37. The van der Waals surface area contributed by atoms with Crippen LogP contribution in [-0.2, 0) is 17.8 Å². The molecule has 194 valence electrons. The Morgan fingerprint density at radius 2 is 1.95 bits per heavy atom. The van der Waals surface area contributed by atoms with Gasteiger partial charge in [0.1, 0.15) is 5.52 Å². The van der Waals surface area contributed by atoms with Gasteiger partial charge in [-0.25, -0.2) is 14.4 Å². The van der Waals surface area contributed by atoms with Crippen LogP contribution in [-0.4, -0.2) is 63.6 Å². The van der Waals surface area contributed by atoms with Crippen LogP contribution >= 0.6 is 15.9 Å². The number of oxazole rings is 1. The summed E-state index contributed by atoms with van der Waals surface area (Å²) in [6, 6.07) is 10.6. The molecule has 37 heavy (non-hydrogen) atoms. The normalized spacial score (nSPS) is 16.8. The molecule has 4 N–H and O–H groups in total. The second kappa shape index (κ2) is 10.3. The summed E-state index contributed by atoms with van der Waals surface area (Å²) in [5.41, 5.74) is 3.39. The Morgan fingerprint density at radius 1 is 1.19 bits per heavy atom. The second-order valence-electron chi connectivity index (χ2n) is 9.32. The van der Waals surface area contributed by atoms with Crippen molar-refractivity contribution < 1.29 is 23.9 Å². The van der Waals surface area contributed by atoms with E-state index in [9.17, 15) is 24.3 Å². The van der Waals surface area contributed by atoms with Crippen molar-refractivity contribution in [3.05, 3.63) is 62.5 Å². The molecule has 3 aromatic rings. The zero-order valence-corrected chi connectivity index (χ0v) is 21.4. The van der Waals surface area contributed by atoms with Gasteiger partial charge in [0, 0.05) is 42.4 Å². The van der Waals surface area contributed by atoms with Crippen LogP contribution in [0.25, 0.3) is 11.1 Å². The van der Waals surface area contributed by atoms with Gasteiger partial charge in [-0.15, -0.1) is 0 Å². The molecule has 2 aliphatic rings. The van der Waals surface area contributed by atoms with Crippen molar-refractivity contribution in [2.45, 2.75) is 31.8 Å². The lowest BCUT2D eigenvalue weighted by Crippen LogP contribution is -2.53. The van der Waals surface area contributed by atoms with Crippen molar-refractivity contribution in [3.8, 4) is 0 Å². The molecule has 1 atom stereocenters. The fraction of sp³-hybridized carbons (Fsp3) is 0.360. The Labute approximate surface area is 219 Å². The summed E-state index contributed by atoms with van der Waals surface area (Å²) in [5.74, 6) is -2.50. The molecule has 11 nitrogen and oxygen atoms in total. The standard InChI is InChI=1S/C25H26BrN5O6/c26-18-10-14(11-20-21(18)29-25(36)37-20)9-16(22(32)33)12-27-23(34)30-7-5-17(6-8-30)31-13-15-3-1-2-4-19(15)28-24(31)35/h1-4,10-11,16-17H,5-9,12-13H2,(H,27,34)(H,28,35)(H,29,36)(H,32,33)/t16-/m1/s1. The number of aliphatic carboxylic acids is 1. The number of amides is 4. The monoisotopic (exact) mass is 571 g/mol.